The van der Waals surface area contributed by atoms with Crippen LogP contribution in [0.1, 0.15) is 11.1 Å². The minimum absolute atomic E-state index is 0.0971. The number of alkyl halides is 3. The molecule has 2 nitrogen and oxygen atoms in total. The van der Waals surface area contributed by atoms with Crippen molar-refractivity contribution >= 4 is 17.7 Å². The Balaban J connectivity index is 3.30. The van der Waals surface area contributed by atoms with E-state index in [9.17, 15) is 13.2 Å². The van der Waals surface area contributed by atoms with E-state index in [1.54, 1.807) is 12.1 Å². The van der Waals surface area contributed by atoms with Crippen LogP contribution in [-0.2, 0) is 6.18 Å². The lowest BCUT2D eigenvalue weighted by molar-refractivity contribution is -0.137. The van der Waals surface area contributed by atoms with Gasteiger partial charge in [0.2, 0.25) is 0 Å². The molecule has 0 unspecified atom stereocenters. The maximum atomic E-state index is 12.5. The van der Waals surface area contributed by atoms with Gasteiger partial charge in [0.15, 0.2) is 0 Å². The Kier molecular flexibility index (Phi) is 3.77. The molecule has 6 heteroatoms. The van der Waals surface area contributed by atoms with E-state index in [2.05, 4.69) is 0 Å². The van der Waals surface area contributed by atoms with Gasteiger partial charge in [0, 0.05) is 0 Å². The van der Waals surface area contributed by atoms with E-state index in [4.69, 9.17) is 22.1 Å². The first-order valence-corrected chi connectivity index (χ1v) is 4.65. The van der Waals surface area contributed by atoms with E-state index in [1.807, 2.05) is 0 Å². The second kappa shape index (κ2) is 4.90. The van der Waals surface area contributed by atoms with E-state index in [-0.39, 0.29) is 11.1 Å². The molecule has 0 aliphatic rings. The second-order valence-electron chi connectivity index (χ2n) is 3.02. The normalized spacial score (nSPS) is 10.2. The van der Waals surface area contributed by atoms with Crippen LogP contribution in [0.3, 0.4) is 0 Å². The van der Waals surface area contributed by atoms with Gasteiger partial charge in [-0.1, -0.05) is 17.7 Å². The smallest absolute Gasteiger partial charge is 0.192 e. The van der Waals surface area contributed by atoms with Crippen molar-refractivity contribution < 1.29 is 13.2 Å². The molecule has 0 saturated carbocycles. The van der Waals surface area contributed by atoms with Crippen LogP contribution in [0.15, 0.2) is 23.8 Å². The summed E-state index contributed by atoms with van der Waals surface area (Å²) in [5.74, 6) is 0. The molecule has 0 atom stereocenters. The van der Waals surface area contributed by atoms with E-state index < -0.39 is 16.8 Å². The summed E-state index contributed by atoms with van der Waals surface area (Å²) < 4.78 is 37.5. The summed E-state index contributed by atoms with van der Waals surface area (Å²) >= 11 is 5.41. The molecule has 0 spiro atoms. The van der Waals surface area contributed by atoms with E-state index in [1.165, 1.54) is 6.07 Å². The fourth-order valence-electron chi connectivity index (χ4n) is 1.11. The third-order valence-electron chi connectivity index (χ3n) is 1.85. The third kappa shape index (κ3) is 3.24. The number of benzene rings is 1. The highest BCUT2D eigenvalue weighted by Gasteiger charge is 2.33. The number of hydrogen-bond acceptors (Lipinski definition) is 2. The van der Waals surface area contributed by atoms with Crippen molar-refractivity contribution in [2.45, 2.75) is 6.18 Å². The van der Waals surface area contributed by atoms with Crippen molar-refractivity contribution in [1.82, 2.24) is 0 Å². The largest absolute Gasteiger partial charge is 0.417 e. The van der Waals surface area contributed by atoms with Crippen molar-refractivity contribution in [1.29, 1.82) is 10.5 Å². The molecule has 0 amide bonds. The lowest BCUT2D eigenvalue weighted by atomic mass is 10.1. The molecule has 0 heterocycles. The molecule has 1 aromatic carbocycles. The molecular formula is C11H4ClF3N2. The van der Waals surface area contributed by atoms with Gasteiger partial charge in [0.25, 0.3) is 0 Å². The molecule has 0 aliphatic heterocycles. The Labute approximate surface area is 100 Å². The summed E-state index contributed by atoms with van der Waals surface area (Å²) in [7, 11) is 0. The molecule has 0 bridgehead atoms. The highest BCUT2D eigenvalue weighted by atomic mass is 35.5. The number of nitriles is 2. The van der Waals surface area contributed by atoms with Crippen molar-refractivity contribution in [3.8, 4) is 12.1 Å². The molecule has 0 radical (unpaired) electrons. The summed E-state index contributed by atoms with van der Waals surface area (Å²) in [5.41, 5.74) is -1.18. The summed E-state index contributed by atoms with van der Waals surface area (Å²) in [6.07, 6.45) is -3.51. The fraction of sp³-hybridized carbons (Fsp3) is 0.0909. The molecule has 0 saturated heterocycles. The zero-order valence-electron chi connectivity index (χ0n) is 8.22. The van der Waals surface area contributed by atoms with Gasteiger partial charge in [0.1, 0.15) is 17.7 Å². The number of halogens is 4. The average Bonchev–Trinajstić information content (AvgIpc) is 2.26. The quantitative estimate of drug-likeness (QED) is 0.718. The van der Waals surface area contributed by atoms with E-state index in [0.717, 1.165) is 18.2 Å². The summed E-state index contributed by atoms with van der Waals surface area (Å²) in [6.45, 7) is 0. The molecular weight excluding hydrogens is 253 g/mol. The summed E-state index contributed by atoms with van der Waals surface area (Å²) in [5, 5.41) is 16.5. The lowest BCUT2D eigenvalue weighted by Gasteiger charge is -2.09. The molecule has 1 rings (SSSR count). The third-order valence-corrected chi connectivity index (χ3v) is 2.18. The Hall–Kier alpha value is -1.98. The van der Waals surface area contributed by atoms with Crippen molar-refractivity contribution in [3.05, 3.63) is 39.9 Å². The zero-order valence-corrected chi connectivity index (χ0v) is 8.97. The van der Waals surface area contributed by atoms with Gasteiger partial charge >= 0.3 is 6.18 Å². The molecule has 17 heavy (non-hydrogen) atoms. The van der Waals surface area contributed by atoms with Crippen molar-refractivity contribution in [3.63, 3.8) is 0 Å². The predicted octanol–water partition coefficient (Wildman–Crippen LogP) is 3.79. The van der Waals surface area contributed by atoms with Gasteiger partial charge in [-0.15, -0.1) is 0 Å². The molecule has 0 aromatic heterocycles. The number of allylic oxidation sites excluding steroid dienone is 1. The highest BCUT2D eigenvalue weighted by molar-refractivity contribution is 6.31. The van der Waals surface area contributed by atoms with E-state index in [0.29, 0.717) is 0 Å². The van der Waals surface area contributed by atoms with Crippen LogP contribution in [0.5, 0.6) is 0 Å². The Morgan fingerprint density at radius 3 is 2.29 bits per heavy atom. The number of rotatable bonds is 1. The monoisotopic (exact) mass is 256 g/mol. The molecule has 0 N–H and O–H groups in total. The maximum absolute atomic E-state index is 12.5. The number of hydrogen-bond donors (Lipinski definition) is 0. The van der Waals surface area contributed by atoms with Gasteiger partial charge in [-0.3, -0.25) is 0 Å². The topological polar surface area (TPSA) is 47.6 Å². The fourth-order valence-corrected chi connectivity index (χ4v) is 1.33. The number of nitrogens with zero attached hydrogens (tertiary/aromatic N) is 2. The van der Waals surface area contributed by atoms with Crippen LogP contribution in [0.25, 0.3) is 6.08 Å². The van der Waals surface area contributed by atoms with Gasteiger partial charge in [-0.2, -0.15) is 23.7 Å². The van der Waals surface area contributed by atoms with Gasteiger partial charge in [-0.05, 0) is 23.8 Å². The highest BCUT2D eigenvalue weighted by Crippen LogP contribution is 2.35. The maximum Gasteiger partial charge on any atom is 0.417 e. The van der Waals surface area contributed by atoms with Crippen molar-refractivity contribution in [2.24, 2.45) is 0 Å². The Morgan fingerprint density at radius 2 is 1.82 bits per heavy atom. The minimum Gasteiger partial charge on any atom is -0.192 e. The van der Waals surface area contributed by atoms with Gasteiger partial charge in [0.05, 0.1) is 10.6 Å². The first-order chi connectivity index (χ1) is 7.88. The zero-order chi connectivity index (χ0) is 13.1. The molecule has 1 aromatic rings. The Morgan fingerprint density at radius 1 is 1.24 bits per heavy atom. The minimum atomic E-state index is -4.57. The van der Waals surface area contributed by atoms with Crippen LogP contribution in [0.4, 0.5) is 13.2 Å². The van der Waals surface area contributed by atoms with Crippen LogP contribution in [0, 0.1) is 22.7 Å². The molecule has 0 aliphatic carbocycles. The molecule has 86 valence electrons. The SMILES string of the molecule is N#CC(C#N)=Cc1ccc(Cl)c(C(F)(F)F)c1. The second-order valence-corrected chi connectivity index (χ2v) is 3.43. The van der Waals surface area contributed by atoms with Gasteiger partial charge < -0.3 is 0 Å². The average molecular weight is 257 g/mol. The lowest BCUT2D eigenvalue weighted by Crippen LogP contribution is -2.05. The van der Waals surface area contributed by atoms with Crippen LogP contribution in [-0.4, -0.2) is 0 Å². The first kappa shape index (κ1) is 13.1. The standard InChI is InChI=1S/C11H4ClF3N2/c12-10-2-1-7(3-8(5-16)6-17)4-9(10)11(13,14)15/h1-4H. The van der Waals surface area contributed by atoms with E-state index >= 15 is 0 Å². The summed E-state index contributed by atoms with van der Waals surface area (Å²) in [6, 6.07) is 6.28. The Bertz CT molecular complexity index is 531. The summed E-state index contributed by atoms with van der Waals surface area (Å²) in [4.78, 5) is 0. The van der Waals surface area contributed by atoms with Crippen molar-refractivity contribution in [2.75, 3.05) is 0 Å². The predicted molar refractivity (Wildman–Crippen MR) is 55.7 cm³/mol. The van der Waals surface area contributed by atoms with Crippen LogP contribution >= 0.6 is 11.6 Å². The van der Waals surface area contributed by atoms with Crippen LogP contribution < -0.4 is 0 Å². The van der Waals surface area contributed by atoms with Crippen LogP contribution in [0.2, 0.25) is 5.02 Å². The molecule has 0 fully saturated rings. The first-order valence-electron chi connectivity index (χ1n) is 4.27. The van der Waals surface area contributed by atoms with Gasteiger partial charge in [-0.25, -0.2) is 0 Å².